The molecule has 9 heterocycles. The van der Waals surface area contributed by atoms with Crippen LogP contribution in [0.15, 0.2) is 473 Å². The Kier molecular flexibility index (Phi) is 19.2. The molecular formula is C131H75N7O4S2. The van der Waals surface area contributed by atoms with E-state index in [-0.39, 0.29) is 0 Å². The summed E-state index contributed by atoms with van der Waals surface area (Å²) in [7, 11) is 0. The maximum absolute atomic E-state index is 7.14. The minimum atomic E-state index is 0.500. The summed E-state index contributed by atoms with van der Waals surface area (Å²) >= 11 is 3.62. The van der Waals surface area contributed by atoms with Gasteiger partial charge in [-0.05, 0) is 260 Å². The third-order valence-electron chi connectivity index (χ3n) is 28.1. The second-order valence-electron chi connectivity index (χ2n) is 37.0. The molecule has 29 rings (SSSR count). The first kappa shape index (κ1) is 82.3. The smallest absolute Gasteiger partial charge is 0.164 e. The number of para-hydroxylation sites is 2. The molecule has 0 saturated carbocycles. The lowest BCUT2D eigenvalue weighted by molar-refractivity contribution is 0.668. The molecule has 29 aromatic rings. The fourth-order valence-corrected chi connectivity index (χ4v) is 23.2. The number of hydrogen-bond acceptors (Lipinski definition) is 13. The van der Waals surface area contributed by atoms with Crippen molar-refractivity contribution in [2.45, 2.75) is 0 Å². The first-order valence-corrected chi connectivity index (χ1v) is 49.7. The molecule has 0 fully saturated rings. The highest BCUT2D eigenvalue weighted by Gasteiger charge is 2.25. The van der Waals surface area contributed by atoms with Crippen LogP contribution in [0.3, 0.4) is 0 Å². The molecule has 0 aliphatic heterocycles. The van der Waals surface area contributed by atoms with Crippen LogP contribution in [0, 0.1) is 0 Å². The van der Waals surface area contributed by atoms with Gasteiger partial charge in [-0.15, -0.1) is 22.7 Å². The average molecular weight is 1880 g/mol. The molecule has 9 aromatic heterocycles. The van der Waals surface area contributed by atoms with E-state index in [9.17, 15) is 0 Å². The second-order valence-corrected chi connectivity index (χ2v) is 39.1. The van der Waals surface area contributed by atoms with Gasteiger partial charge in [-0.1, -0.05) is 273 Å². The third-order valence-corrected chi connectivity index (χ3v) is 30.4. The lowest BCUT2D eigenvalue weighted by atomic mass is 9.93. The third kappa shape index (κ3) is 14.6. The van der Waals surface area contributed by atoms with Crippen LogP contribution < -0.4 is 0 Å². The van der Waals surface area contributed by atoms with Gasteiger partial charge in [0.25, 0.3) is 0 Å². The Morgan fingerprint density at radius 2 is 0.333 bits per heavy atom. The van der Waals surface area contributed by atoms with E-state index in [0.717, 1.165) is 233 Å². The van der Waals surface area contributed by atoms with Crippen LogP contribution in [-0.2, 0) is 0 Å². The molecule has 0 atom stereocenters. The van der Waals surface area contributed by atoms with E-state index < -0.39 is 0 Å². The molecule has 0 unspecified atom stereocenters. The summed E-state index contributed by atoms with van der Waals surface area (Å²) in [5.74, 6) is 2.71. The van der Waals surface area contributed by atoms with E-state index in [0.29, 0.717) is 34.7 Å². The number of aromatic nitrogens is 7. The van der Waals surface area contributed by atoms with Gasteiger partial charge >= 0.3 is 0 Å². The van der Waals surface area contributed by atoms with E-state index in [1.807, 2.05) is 71.2 Å². The molecule has 11 nitrogen and oxygen atoms in total. The summed E-state index contributed by atoms with van der Waals surface area (Å²) in [6.07, 6.45) is 0. The number of furan rings is 4. The maximum Gasteiger partial charge on any atom is 0.164 e. The molecule has 670 valence electrons. The summed E-state index contributed by atoms with van der Waals surface area (Å²) in [6.45, 7) is 0. The molecule has 0 aliphatic rings. The van der Waals surface area contributed by atoms with Crippen LogP contribution in [0.5, 0.6) is 0 Å². The molecule has 0 radical (unpaired) electrons. The van der Waals surface area contributed by atoms with Crippen LogP contribution in [0.4, 0.5) is 0 Å². The van der Waals surface area contributed by atoms with Crippen LogP contribution >= 0.6 is 22.7 Å². The monoisotopic (exact) mass is 1870 g/mol. The highest BCUT2D eigenvalue weighted by molar-refractivity contribution is 7.26. The highest BCUT2D eigenvalue weighted by atomic mass is 32.1. The largest absolute Gasteiger partial charge is 0.456 e. The molecule has 0 spiro atoms. The zero-order valence-electron chi connectivity index (χ0n) is 76.9. The molecule has 13 heteroatoms. The lowest BCUT2D eigenvalue weighted by Gasteiger charge is -2.14. The number of benzene rings is 20. The van der Waals surface area contributed by atoms with E-state index >= 15 is 0 Å². The zero-order chi connectivity index (χ0) is 94.6. The number of fused-ring (bicyclic) bond motifs is 18. The summed E-state index contributed by atoms with van der Waals surface area (Å²) in [6, 6.07) is 161. The van der Waals surface area contributed by atoms with E-state index in [2.05, 4.69) is 406 Å². The molecule has 20 aromatic carbocycles. The second kappa shape index (κ2) is 33.5. The SMILES string of the molecule is c1ccc(-c2cc(-c3cccc(-c4ccc5c(c4)oc4cc(-c6nc(-c7cc(-c8ccccc8)cc(-c8ccccc8)c7)nc(-c7ccc8c(c7)oc7ccccc78)n6)ccc45)c3)cc(-c3nc(-c4ccc5c(c4)oc4ccccc45)cc(-c4ccc5c(c4)oc4cc(-c6cc(-c7ccccc7)cc(-c7nc(-c8ccc9c(c8)sc8ccccc89)cc(-c8ccc9c(c8)sc8ccccc89)n7)c6)ccc45)n3)c2)cc1. The van der Waals surface area contributed by atoms with Crippen molar-refractivity contribution in [3.63, 3.8) is 0 Å². The lowest BCUT2D eigenvalue weighted by Crippen LogP contribution is -2.00. The Bertz CT molecular complexity index is 10100. The predicted molar refractivity (Wildman–Crippen MR) is 593 cm³/mol. The van der Waals surface area contributed by atoms with Crippen molar-refractivity contribution in [2.24, 2.45) is 0 Å². The van der Waals surface area contributed by atoms with Gasteiger partial charge < -0.3 is 17.7 Å². The Hall–Kier alpha value is -18.8. The van der Waals surface area contributed by atoms with E-state index in [4.69, 9.17) is 52.6 Å². The van der Waals surface area contributed by atoms with Crippen molar-refractivity contribution in [3.05, 3.63) is 455 Å². The number of nitrogens with zero attached hydrogens (tertiary/aromatic N) is 7. The Balaban J connectivity index is 0.524. The van der Waals surface area contributed by atoms with Crippen LogP contribution in [0.2, 0.25) is 0 Å². The Morgan fingerprint density at radius 1 is 0.118 bits per heavy atom. The van der Waals surface area contributed by atoms with Crippen molar-refractivity contribution in [1.29, 1.82) is 0 Å². The quantitative estimate of drug-likeness (QED) is 0.0912. The van der Waals surface area contributed by atoms with Gasteiger partial charge in [0.1, 0.15) is 44.7 Å². The Labute approximate surface area is 832 Å². The summed E-state index contributed by atoms with van der Waals surface area (Å²) < 4.78 is 32.2. The first-order chi connectivity index (χ1) is 71.2. The minimum absolute atomic E-state index is 0.500. The summed E-state index contributed by atoms with van der Waals surface area (Å²) in [5.41, 5.74) is 31.6. The fraction of sp³-hybridized carbons (Fsp3) is 0. The van der Waals surface area contributed by atoms with Gasteiger partial charge in [-0.25, -0.2) is 34.9 Å². The summed E-state index contributed by atoms with van der Waals surface area (Å²) in [4.78, 5) is 38.3. The van der Waals surface area contributed by atoms with Crippen LogP contribution in [-0.4, -0.2) is 34.9 Å². The fourth-order valence-electron chi connectivity index (χ4n) is 20.9. The van der Waals surface area contributed by atoms with Crippen molar-refractivity contribution in [1.82, 2.24) is 34.9 Å². The summed E-state index contributed by atoms with van der Waals surface area (Å²) in [5, 5.41) is 13.1. The molecule has 0 N–H and O–H groups in total. The van der Waals surface area contributed by atoms with Gasteiger partial charge in [-0.2, -0.15) is 0 Å². The van der Waals surface area contributed by atoms with Gasteiger partial charge in [0.05, 0.1) is 22.8 Å². The van der Waals surface area contributed by atoms with Crippen LogP contribution in [0.25, 0.3) is 308 Å². The molecule has 0 saturated heterocycles. The molecule has 0 bridgehead atoms. The van der Waals surface area contributed by atoms with Crippen molar-refractivity contribution in [3.8, 4) is 180 Å². The normalized spacial score (nSPS) is 11.9. The van der Waals surface area contributed by atoms with E-state index in [1.54, 1.807) is 0 Å². The maximum atomic E-state index is 7.14. The number of hydrogen-bond donors (Lipinski definition) is 0. The zero-order valence-corrected chi connectivity index (χ0v) is 78.5. The van der Waals surface area contributed by atoms with Gasteiger partial charge in [0.2, 0.25) is 0 Å². The highest BCUT2D eigenvalue weighted by Crippen LogP contribution is 2.48. The molecular weight excluding hydrogens is 1800 g/mol. The number of rotatable bonds is 16. The van der Waals surface area contributed by atoms with Crippen LogP contribution in [0.1, 0.15) is 0 Å². The Morgan fingerprint density at radius 3 is 0.701 bits per heavy atom. The van der Waals surface area contributed by atoms with Gasteiger partial charge in [-0.3, -0.25) is 0 Å². The van der Waals surface area contributed by atoms with E-state index in [1.165, 1.54) is 40.3 Å². The van der Waals surface area contributed by atoms with Gasteiger partial charge in [0.15, 0.2) is 29.1 Å². The van der Waals surface area contributed by atoms with Gasteiger partial charge in [0, 0.05) is 134 Å². The molecule has 0 amide bonds. The average Bonchev–Trinajstić information content (AvgIpc) is 1.54. The molecule has 0 aliphatic carbocycles. The molecule has 144 heavy (non-hydrogen) atoms. The predicted octanol–water partition coefficient (Wildman–Crippen LogP) is 36.5. The number of thiophene rings is 2. The first-order valence-electron chi connectivity index (χ1n) is 48.1. The van der Waals surface area contributed by atoms with Crippen molar-refractivity contribution >= 4 is 151 Å². The minimum Gasteiger partial charge on any atom is -0.456 e. The van der Waals surface area contributed by atoms with Crippen molar-refractivity contribution in [2.75, 3.05) is 0 Å². The van der Waals surface area contributed by atoms with Crippen molar-refractivity contribution < 1.29 is 17.7 Å². The standard InChI is InChI=1S/C131H75N7O4S2/c1-5-22-76(23-6-1)90-57-91(77-24-7-2-8-25-77)63-98(62-90)131-137-127(88-46-52-102-100-33-14-18-37-116(100)140-121(102)70-88)136-128(138-131)89-47-53-106-103-48-40-82(66-117(103)142-122(106)71-89)80-30-21-31-81(56-80)94-58-92(78-26-9-3-10-27-78)60-96(64-94)129-132-111(84-42-50-101-99-32-13-17-36-115(99)139-119(101)68-84)74-112(133-129)85-43-51-105-104-49-41-83(67-118(104)141-120(105)69-85)95-59-93(79-28-11-4-12-29-79)61-97(65-95)130-134-113(86-44-54-109-107-34-15-19-38-123(107)143-125(109)72-86)75-114(135-130)87-45-55-110-108-35-16-20-39-124(108)144-126(110)73-87/h1-75H. The topological polar surface area (TPSA) is 143 Å².